The maximum atomic E-state index is 12.9. The Balaban J connectivity index is 1.73. The molecule has 1 aromatic heterocycles. The van der Waals surface area contributed by atoms with Crippen molar-refractivity contribution in [2.75, 3.05) is 13.1 Å². The van der Waals surface area contributed by atoms with E-state index in [4.69, 9.17) is 0 Å². The van der Waals surface area contributed by atoms with Crippen LogP contribution in [0.1, 0.15) is 12.0 Å². The van der Waals surface area contributed by atoms with Crippen LogP contribution < -0.4 is 10.6 Å². The van der Waals surface area contributed by atoms with Gasteiger partial charge in [0.15, 0.2) is 0 Å². The summed E-state index contributed by atoms with van der Waals surface area (Å²) in [4.78, 5) is 15.6. The summed E-state index contributed by atoms with van der Waals surface area (Å²) >= 11 is 0. The fraction of sp³-hybridized carbons (Fsp3) is 0.500. The van der Waals surface area contributed by atoms with E-state index in [2.05, 4.69) is 15.6 Å². The van der Waals surface area contributed by atoms with Gasteiger partial charge in [-0.2, -0.15) is 0 Å². The molecule has 4 nitrogen and oxygen atoms in total. The van der Waals surface area contributed by atoms with Crippen LogP contribution in [0.5, 0.6) is 0 Å². The predicted molar refractivity (Wildman–Crippen MR) is 62.3 cm³/mol. The van der Waals surface area contributed by atoms with Crippen LogP contribution in [-0.2, 0) is 11.2 Å². The monoisotopic (exact) mass is 255 g/mol. The fourth-order valence-electron chi connectivity index (χ4n) is 1.90. The average molecular weight is 255 g/mol. The SMILES string of the molecule is O=C(NCCc1cccnc1)C1CC(F)(F)CN1. The average Bonchev–Trinajstić information content (AvgIpc) is 2.71. The van der Waals surface area contributed by atoms with Gasteiger partial charge >= 0.3 is 0 Å². The Kier molecular flexibility index (Phi) is 3.86. The van der Waals surface area contributed by atoms with Crippen LogP contribution >= 0.6 is 0 Å². The van der Waals surface area contributed by atoms with Gasteiger partial charge in [0.05, 0.1) is 12.6 Å². The third-order valence-electron chi connectivity index (χ3n) is 2.86. The highest BCUT2D eigenvalue weighted by molar-refractivity contribution is 5.82. The molecular formula is C12H15F2N3O. The molecular weight excluding hydrogens is 240 g/mol. The van der Waals surface area contributed by atoms with Crippen molar-refractivity contribution in [1.82, 2.24) is 15.6 Å². The van der Waals surface area contributed by atoms with Crippen molar-refractivity contribution in [3.05, 3.63) is 30.1 Å². The highest BCUT2D eigenvalue weighted by Crippen LogP contribution is 2.24. The number of halogens is 2. The standard InChI is InChI=1S/C12H15F2N3O/c13-12(14)6-10(17-8-12)11(18)16-5-3-9-2-1-4-15-7-9/h1-2,4,7,10,17H,3,5-6,8H2,(H,16,18). The summed E-state index contributed by atoms with van der Waals surface area (Å²) in [5.74, 6) is -3.14. The van der Waals surface area contributed by atoms with Gasteiger partial charge in [0.1, 0.15) is 0 Å². The third kappa shape index (κ3) is 3.46. The number of hydrogen-bond acceptors (Lipinski definition) is 3. The first-order valence-electron chi connectivity index (χ1n) is 5.85. The first-order chi connectivity index (χ1) is 8.57. The summed E-state index contributed by atoms with van der Waals surface area (Å²) in [5, 5.41) is 5.17. The number of hydrogen-bond donors (Lipinski definition) is 2. The Morgan fingerprint density at radius 3 is 3.06 bits per heavy atom. The van der Waals surface area contributed by atoms with E-state index < -0.39 is 24.9 Å². The number of amides is 1. The molecule has 0 radical (unpaired) electrons. The first kappa shape index (κ1) is 12.9. The van der Waals surface area contributed by atoms with E-state index in [1.165, 1.54) is 0 Å². The topological polar surface area (TPSA) is 54.0 Å². The largest absolute Gasteiger partial charge is 0.354 e. The lowest BCUT2D eigenvalue weighted by atomic mass is 10.1. The van der Waals surface area contributed by atoms with Crippen LogP contribution in [0.2, 0.25) is 0 Å². The molecule has 1 aromatic rings. The minimum Gasteiger partial charge on any atom is -0.354 e. The van der Waals surface area contributed by atoms with Crippen molar-refractivity contribution in [3.8, 4) is 0 Å². The zero-order valence-electron chi connectivity index (χ0n) is 9.83. The normalized spacial score (nSPS) is 21.8. The van der Waals surface area contributed by atoms with E-state index in [0.29, 0.717) is 13.0 Å². The smallest absolute Gasteiger partial charge is 0.262 e. The van der Waals surface area contributed by atoms with Gasteiger partial charge in [-0.05, 0) is 18.1 Å². The molecule has 0 bridgehead atoms. The Hall–Kier alpha value is -1.56. The molecule has 2 rings (SSSR count). The van der Waals surface area contributed by atoms with Crippen molar-refractivity contribution in [2.24, 2.45) is 0 Å². The first-order valence-corrected chi connectivity index (χ1v) is 5.85. The van der Waals surface area contributed by atoms with E-state index in [9.17, 15) is 13.6 Å². The van der Waals surface area contributed by atoms with Gasteiger partial charge in [0.25, 0.3) is 5.92 Å². The molecule has 1 saturated heterocycles. The summed E-state index contributed by atoms with van der Waals surface area (Å²) in [6, 6.07) is 2.94. The molecule has 18 heavy (non-hydrogen) atoms. The molecule has 1 amide bonds. The Labute approximate surface area is 104 Å². The summed E-state index contributed by atoms with van der Waals surface area (Å²) in [5.41, 5.74) is 1.00. The van der Waals surface area contributed by atoms with Gasteiger partial charge in [-0.1, -0.05) is 6.07 Å². The predicted octanol–water partition coefficient (Wildman–Crippen LogP) is 0.737. The number of pyridine rings is 1. The van der Waals surface area contributed by atoms with Crippen LogP contribution in [0.25, 0.3) is 0 Å². The highest BCUT2D eigenvalue weighted by atomic mass is 19.3. The summed E-state index contributed by atoms with van der Waals surface area (Å²) in [7, 11) is 0. The summed E-state index contributed by atoms with van der Waals surface area (Å²) < 4.78 is 25.8. The molecule has 0 aromatic carbocycles. The summed E-state index contributed by atoms with van der Waals surface area (Å²) in [6.45, 7) is 0.00195. The second kappa shape index (κ2) is 5.39. The van der Waals surface area contributed by atoms with Crippen molar-refractivity contribution in [3.63, 3.8) is 0 Å². The molecule has 0 spiro atoms. The van der Waals surface area contributed by atoms with E-state index in [1.54, 1.807) is 12.4 Å². The number of carbonyl (C=O) groups excluding carboxylic acids is 1. The van der Waals surface area contributed by atoms with Gasteiger partial charge in [-0.25, -0.2) is 8.78 Å². The lowest BCUT2D eigenvalue weighted by Gasteiger charge is -2.11. The molecule has 1 aliphatic heterocycles. The molecule has 1 unspecified atom stereocenters. The highest BCUT2D eigenvalue weighted by Gasteiger charge is 2.42. The van der Waals surface area contributed by atoms with Crippen LogP contribution in [-0.4, -0.2) is 35.9 Å². The fourth-order valence-corrected chi connectivity index (χ4v) is 1.90. The molecule has 0 saturated carbocycles. The Morgan fingerprint density at radius 2 is 2.44 bits per heavy atom. The second-order valence-corrected chi connectivity index (χ2v) is 4.40. The Bertz CT molecular complexity index is 411. The number of aromatic nitrogens is 1. The van der Waals surface area contributed by atoms with Crippen molar-refractivity contribution in [2.45, 2.75) is 24.8 Å². The molecule has 6 heteroatoms. The van der Waals surface area contributed by atoms with Crippen molar-refractivity contribution >= 4 is 5.91 Å². The van der Waals surface area contributed by atoms with Crippen molar-refractivity contribution < 1.29 is 13.6 Å². The van der Waals surface area contributed by atoms with Crippen LogP contribution in [0.4, 0.5) is 8.78 Å². The number of alkyl halides is 2. The molecule has 1 fully saturated rings. The third-order valence-corrected chi connectivity index (χ3v) is 2.86. The lowest BCUT2D eigenvalue weighted by Crippen LogP contribution is -2.41. The van der Waals surface area contributed by atoms with Crippen LogP contribution in [0.3, 0.4) is 0 Å². The van der Waals surface area contributed by atoms with Crippen LogP contribution in [0.15, 0.2) is 24.5 Å². The zero-order chi connectivity index (χ0) is 13.0. The van der Waals surface area contributed by atoms with Gasteiger partial charge in [-0.3, -0.25) is 15.1 Å². The van der Waals surface area contributed by atoms with Gasteiger partial charge in [0, 0.05) is 25.4 Å². The van der Waals surface area contributed by atoms with E-state index in [0.717, 1.165) is 5.56 Å². The maximum absolute atomic E-state index is 12.9. The summed E-state index contributed by atoms with van der Waals surface area (Å²) in [6.07, 6.45) is 3.61. The zero-order valence-corrected chi connectivity index (χ0v) is 9.83. The molecule has 1 aliphatic rings. The van der Waals surface area contributed by atoms with Crippen molar-refractivity contribution in [1.29, 1.82) is 0 Å². The second-order valence-electron chi connectivity index (χ2n) is 4.40. The molecule has 98 valence electrons. The molecule has 0 aliphatic carbocycles. The minimum atomic E-state index is -2.77. The number of rotatable bonds is 4. The minimum absolute atomic E-state index is 0.365. The molecule has 2 N–H and O–H groups in total. The lowest BCUT2D eigenvalue weighted by molar-refractivity contribution is -0.123. The van der Waals surface area contributed by atoms with Gasteiger partial charge in [-0.15, -0.1) is 0 Å². The van der Waals surface area contributed by atoms with E-state index >= 15 is 0 Å². The number of nitrogens with zero attached hydrogens (tertiary/aromatic N) is 1. The molecule has 1 atom stereocenters. The van der Waals surface area contributed by atoms with Gasteiger partial charge < -0.3 is 5.32 Å². The van der Waals surface area contributed by atoms with Gasteiger partial charge in [0.2, 0.25) is 5.91 Å². The van der Waals surface area contributed by atoms with E-state index in [-0.39, 0.29) is 5.91 Å². The van der Waals surface area contributed by atoms with Crippen LogP contribution in [0, 0.1) is 0 Å². The number of nitrogens with one attached hydrogen (secondary N) is 2. The quantitative estimate of drug-likeness (QED) is 0.834. The number of carbonyl (C=O) groups is 1. The Morgan fingerprint density at radius 1 is 1.61 bits per heavy atom. The maximum Gasteiger partial charge on any atom is 0.262 e. The molecule has 2 heterocycles. The van der Waals surface area contributed by atoms with E-state index in [1.807, 2.05) is 12.1 Å².